The van der Waals surface area contributed by atoms with Gasteiger partial charge in [-0.3, -0.25) is 0 Å². The minimum absolute atomic E-state index is 0.155. The van der Waals surface area contributed by atoms with Crippen molar-refractivity contribution >= 4 is 0 Å². The van der Waals surface area contributed by atoms with Crippen molar-refractivity contribution in [3.05, 3.63) is 35.6 Å². The molecule has 1 aliphatic carbocycles. The molecule has 15 heavy (non-hydrogen) atoms. The number of hydrogen-bond donors (Lipinski definition) is 1. The first-order valence-corrected chi connectivity index (χ1v) is 5.73. The zero-order chi connectivity index (χ0) is 10.7. The predicted octanol–water partition coefficient (Wildman–Crippen LogP) is 2.76. The lowest BCUT2D eigenvalue weighted by Crippen LogP contribution is -2.29. The molecule has 0 heterocycles. The Kier molecular flexibility index (Phi) is 3.37. The summed E-state index contributed by atoms with van der Waals surface area (Å²) in [5, 5.41) is 3.51. The number of benzene rings is 1. The molecule has 2 heteroatoms. The van der Waals surface area contributed by atoms with Crippen LogP contribution in [0, 0.1) is 11.7 Å². The van der Waals surface area contributed by atoms with Gasteiger partial charge in [0.25, 0.3) is 0 Å². The van der Waals surface area contributed by atoms with Crippen LogP contribution in [0.5, 0.6) is 0 Å². The van der Waals surface area contributed by atoms with E-state index in [-0.39, 0.29) is 5.82 Å². The fourth-order valence-electron chi connectivity index (χ4n) is 1.86. The molecule has 1 atom stereocenters. The average Bonchev–Trinajstić information content (AvgIpc) is 3.04. The number of hydrogen-bond acceptors (Lipinski definition) is 1. The van der Waals surface area contributed by atoms with Gasteiger partial charge in [0, 0.05) is 6.04 Å². The largest absolute Gasteiger partial charge is 0.314 e. The predicted molar refractivity (Wildman–Crippen MR) is 60.3 cm³/mol. The highest BCUT2D eigenvalue weighted by atomic mass is 19.1. The molecule has 0 amide bonds. The topological polar surface area (TPSA) is 12.0 Å². The molecule has 82 valence electrons. The molecule has 0 saturated heterocycles. The molecule has 1 fully saturated rings. The second kappa shape index (κ2) is 4.75. The Morgan fingerprint density at radius 2 is 2.00 bits per heavy atom. The van der Waals surface area contributed by atoms with Gasteiger partial charge in [-0.05, 0) is 56.3 Å². The van der Waals surface area contributed by atoms with E-state index in [1.165, 1.54) is 30.5 Å². The highest BCUT2D eigenvalue weighted by Crippen LogP contribution is 2.32. The molecule has 0 spiro atoms. The minimum Gasteiger partial charge on any atom is -0.314 e. The second-order valence-electron chi connectivity index (χ2n) is 4.46. The molecule has 1 aromatic rings. The van der Waals surface area contributed by atoms with Gasteiger partial charge in [0.2, 0.25) is 0 Å². The van der Waals surface area contributed by atoms with Crippen molar-refractivity contribution in [3.8, 4) is 0 Å². The lowest BCUT2D eigenvalue weighted by Gasteiger charge is -2.12. The van der Waals surface area contributed by atoms with Crippen LogP contribution in [0.25, 0.3) is 0 Å². The summed E-state index contributed by atoms with van der Waals surface area (Å²) in [7, 11) is 0. The van der Waals surface area contributed by atoms with Crippen molar-refractivity contribution < 1.29 is 4.39 Å². The molecule has 0 aromatic heterocycles. The van der Waals surface area contributed by atoms with Gasteiger partial charge in [0.1, 0.15) is 5.82 Å². The molecule has 1 N–H and O–H groups in total. The van der Waals surface area contributed by atoms with E-state index >= 15 is 0 Å². The summed E-state index contributed by atoms with van der Waals surface area (Å²) in [6.45, 7) is 3.24. The van der Waals surface area contributed by atoms with Crippen LogP contribution in [0.15, 0.2) is 24.3 Å². The summed E-state index contributed by atoms with van der Waals surface area (Å²) < 4.78 is 12.6. The Morgan fingerprint density at radius 1 is 1.33 bits per heavy atom. The normalized spacial score (nSPS) is 17.7. The molecule has 1 nitrogen and oxygen atoms in total. The van der Waals surface area contributed by atoms with Crippen molar-refractivity contribution in [2.75, 3.05) is 6.54 Å². The van der Waals surface area contributed by atoms with Crippen LogP contribution < -0.4 is 5.32 Å². The van der Waals surface area contributed by atoms with Crippen LogP contribution in [0.3, 0.4) is 0 Å². The van der Waals surface area contributed by atoms with E-state index < -0.39 is 0 Å². The summed E-state index contributed by atoms with van der Waals surface area (Å²) in [5.41, 5.74) is 1.20. The second-order valence-corrected chi connectivity index (χ2v) is 4.46. The molecular formula is C13H18FN. The number of nitrogens with one attached hydrogen (secondary N) is 1. The molecule has 0 aliphatic heterocycles. The third-order valence-electron chi connectivity index (χ3n) is 3.12. The third kappa shape index (κ3) is 3.31. The molecule has 2 rings (SSSR count). The first-order chi connectivity index (χ1) is 7.25. The molecular weight excluding hydrogens is 189 g/mol. The lowest BCUT2D eigenvalue weighted by atomic mass is 10.1. The first-order valence-electron chi connectivity index (χ1n) is 5.73. The maximum Gasteiger partial charge on any atom is 0.123 e. The van der Waals surface area contributed by atoms with Gasteiger partial charge >= 0.3 is 0 Å². The van der Waals surface area contributed by atoms with E-state index in [2.05, 4.69) is 12.2 Å². The van der Waals surface area contributed by atoms with Gasteiger partial charge in [-0.1, -0.05) is 12.1 Å². The quantitative estimate of drug-likeness (QED) is 0.783. The molecule has 1 saturated carbocycles. The Bertz CT molecular complexity index is 303. The summed E-state index contributed by atoms with van der Waals surface area (Å²) >= 11 is 0. The van der Waals surface area contributed by atoms with Gasteiger partial charge in [0.15, 0.2) is 0 Å². The summed E-state index contributed by atoms with van der Waals surface area (Å²) in [6, 6.07) is 7.42. The zero-order valence-electron chi connectivity index (χ0n) is 9.17. The SMILES string of the molecule is C[C@@H](NCCc1ccc(F)cc1)C1CC1. The Hall–Kier alpha value is -0.890. The van der Waals surface area contributed by atoms with Crippen molar-refractivity contribution in [1.82, 2.24) is 5.32 Å². The molecule has 0 bridgehead atoms. The van der Waals surface area contributed by atoms with E-state index in [0.717, 1.165) is 18.9 Å². The Morgan fingerprint density at radius 3 is 2.60 bits per heavy atom. The third-order valence-corrected chi connectivity index (χ3v) is 3.12. The van der Waals surface area contributed by atoms with Crippen molar-refractivity contribution in [3.63, 3.8) is 0 Å². The molecule has 1 aliphatic rings. The Balaban J connectivity index is 1.70. The van der Waals surface area contributed by atoms with Gasteiger partial charge in [-0.2, -0.15) is 0 Å². The molecule has 0 radical (unpaired) electrons. The fourth-order valence-corrected chi connectivity index (χ4v) is 1.86. The number of rotatable bonds is 5. The van der Waals surface area contributed by atoms with E-state index in [1.54, 1.807) is 0 Å². The van der Waals surface area contributed by atoms with Crippen molar-refractivity contribution in [1.29, 1.82) is 0 Å². The monoisotopic (exact) mass is 207 g/mol. The average molecular weight is 207 g/mol. The minimum atomic E-state index is -0.155. The van der Waals surface area contributed by atoms with Gasteiger partial charge in [0.05, 0.1) is 0 Å². The van der Waals surface area contributed by atoms with Gasteiger partial charge < -0.3 is 5.32 Å². The maximum atomic E-state index is 12.6. The van der Waals surface area contributed by atoms with Crippen molar-refractivity contribution in [2.24, 2.45) is 5.92 Å². The zero-order valence-corrected chi connectivity index (χ0v) is 9.17. The fraction of sp³-hybridized carbons (Fsp3) is 0.538. The lowest BCUT2D eigenvalue weighted by molar-refractivity contribution is 0.500. The van der Waals surface area contributed by atoms with E-state index in [1.807, 2.05) is 12.1 Å². The van der Waals surface area contributed by atoms with E-state index in [0.29, 0.717) is 6.04 Å². The first kappa shape index (κ1) is 10.6. The van der Waals surface area contributed by atoms with Crippen LogP contribution >= 0.6 is 0 Å². The number of halogens is 1. The summed E-state index contributed by atoms with van der Waals surface area (Å²) in [5.74, 6) is 0.747. The maximum absolute atomic E-state index is 12.6. The van der Waals surface area contributed by atoms with Gasteiger partial charge in [-0.25, -0.2) is 4.39 Å². The summed E-state index contributed by atoms with van der Waals surface area (Å²) in [6.07, 6.45) is 3.74. The smallest absolute Gasteiger partial charge is 0.123 e. The standard InChI is InChI=1S/C13H18FN/c1-10(12-4-5-12)15-9-8-11-2-6-13(14)7-3-11/h2-3,6-7,10,12,15H,4-5,8-9H2,1H3/t10-/m1/s1. The van der Waals surface area contributed by atoms with Crippen LogP contribution in [-0.4, -0.2) is 12.6 Å². The van der Waals surface area contributed by atoms with Gasteiger partial charge in [-0.15, -0.1) is 0 Å². The van der Waals surface area contributed by atoms with E-state index in [4.69, 9.17) is 0 Å². The van der Waals surface area contributed by atoms with Crippen LogP contribution in [0.1, 0.15) is 25.3 Å². The van der Waals surface area contributed by atoms with E-state index in [9.17, 15) is 4.39 Å². The molecule has 0 unspecified atom stereocenters. The van der Waals surface area contributed by atoms with Crippen LogP contribution in [0.2, 0.25) is 0 Å². The Labute approximate surface area is 90.7 Å². The highest BCUT2D eigenvalue weighted by Gasteiger charge is 2.27. The van der Waals surface area contributed by atoms with Crippen molar-refractivity contribution in [2.45, 2.75) is 32.2 Å². The highest BCUT2D eigenvalue weighted by molar-refractivity contribution is 5.16. The van der Waals surface area contributed by atoms with Crippen LogP contribution in [0.4, 0.5) is 4.39 Å². The molecule has 1 aromatic carbocycles. The van der Waals surface area contributed by atoms with Crippen LogP contribution in [-0.2, 0) is 6.42 Å². The summed E-state index contributed by atoms with van der Waals surface area (Å²) in [4.78, 5) is 0.